The summed E-state index contributed by atoms with van der Waals surface area (Å²) in [6.07, 6.45) is 6.54. The molecule has 1 aromatic heterocycles. The first-order valence-electron chi connectivity index (χ1n) is 6.92. The zero-order chi connectivity index (χ0) is 13.2. The molecule has 0 radical (unpaired) electrons. The quantitative estimate of drug-likeness (QED) is 0.844. The van der Waals surface area contributed by atoms with E-state index in [1.165, 1.54) is 0 Å². The highest BCUT2D eigenvalue weighted by molar-refractivity contribution is 5.89. The smallest absolute Gasteiger partial charge is 0.225 e. The topological polar surface area (TPSA) is 54.3 Å². The molecule has 1 aliphatic heterocycles. The second kappa shape index (κ2) is 5.07. The molecule has 1 saturated carbocycles. The van der Waals surface area contributed by atoms with E-state index in [9.17, 15) is 9.59 Å². The summed E-state index contributed by atoms with van der Waals surface area (Å²) < 4.78 is 2.02. The van der Waals surface area contributed by atoms with E-state index in [0.717, 1.165) is 19.4 Å². The van der Waals surface area contributed by atoms with E-state index in [1.54, 1.807) is 0 Å². The lowest BCUT2D eigenvalue weighted by molar-refractivity contribution is -0.129. The number of amides is 2. The van der Waals surface area contributed by atoms with Gasteiger partial charge >= 0.3 is 0 Å². The molecule has 0 bridgehead atoms. The van der Waals surface area contributed by atoms with Gasteiger partial charge < -0.3 is 14.8 Å². The molecule has 1 saturated heterocycles. The van der Waals surface area contributed by atoms with Crippen LogP contribution in [0.4, 0.5) is 0 Å². The molecule has 2 aliphatic rings. The lowest BCUT2D eigenvalue weighted by Gasteiger charge is -2.15. The number of hydrogen-bond acceptors (Lipinski definition) is 2. The summed E-state index contributed by atoms with van der Waals surface area (Å²) in [5.41, 5.74) is 0. The van der Waals surface area contributed by atoms with Crippen molar-refractivity contribution in [2.75, 3.05) is 13.1 Å². The van der Waals surface area contributed by atoms with Crippen molar-refractivity contribution in [1.82, 2.24) is 14.8 Å². The van der Waals surface area contributed by atoms with E-state index >= 15 is 0 Å². The largest absolute Gasteiger partial charge is 0.354 e. The van der Waals surface area contributed by atoms with E-state index < -0.39 is 0 Å². The Labute approximate surface area is 112 Å². The number of nitrogens with one attached hydrogen (secondary N) is 1. The molecule has 1 N–H and O–H groups in total. The summed E-state index contributed by atoms with van der Waals surface area (Å²) in [5.74, 6) is 0.00878. The summed E-state index contributed by atoms with van der Waals surface area (Å²) in [6, 6.07) is 4.35. The fourth-order valence-corrected chi connectivity index (χ4v) is 2.62. The van der Waals surface area contributed by atoms with Gasteiger partial charge in [-0.25, -0.2) is 0 Å². The van der Waals surface area contributed by atoms with E-state index in [4.69, 9.17) is 0 Å². The number of carbonyl (C=O) groups excluding carboxylic acids is 2. The summed E-state index contributed by atoms with van der Waals surface area (Å²) in [4.78, 5) is 25.7. The number of nitrogens with zero attached hydrogens (tertiary/aromatic N) is 2. The molecule has 102 valence electrons. The summed E-state index contributed by atoms with van der Waals surface area (Å²) in [7, 11) is 0. The predicted octanol–water partition coefficient (Wildman–Crippen LogP) is 0.615. The molecule has 5 nitrogen and oxygen atoms in total. The highest BCUT2D eigenvalue weighted by Crippen LogP contribution is 2.32. The number of hydrogen-bond donors (Lipinski definition) is 1. The first-order valence-corrected chi connectivity index (χ1v) is 6.92. The molecule has 1 atom stereocenters. The minimum absolute atomic E-state index is 0.0173. The normalized spacial score (nSPS) is 22.8. The zero-order valence-electron chi connectivity index (χ0n) is 10.9. The number of rotatable bonds is 5. The molecule has 5 heteroatoms. The summed E-state index contributed by atoms with van der Waals surface area (Å²) >= 11 is 0. The third-order valence-electron chi connectivity index (χ3n) is 3.85. The Bertz CT molecular complexity index is 465. The number of likely N-dealkylation sites (tertiary alicyclic amines) is 1. The zero-order valence-corrected chi connectivity index (χ0v) is 10.9. The van der Waals surface area contributed by atoms with E-state index in [1.807, 2.05) is 34.0 Å². The predicted molar refractivity (Wildman–Crippen MR) is 70.3 cm³/mol. The third-order valence-corrected chi connectivity index (χ3v) is 3.85. The molecule has 3 rings (SSSR count). The van der Waals surface area contributed by atoms with Gasteiger partial charge in [0.1, 0.15) is 0 Å². The van der Waals surface area contributed by atoms with E-state index in [-0.39, 0.29) is 17.7 Å². The Kier molecular flexibility index (Phi) is 3.27. The van der Waals surface area contributed by atoms with Crippen LogP contribution in [0.3, 0.4) is 0 Å². The van der Waals surface area contributed by atoms with Crippen LogP contribution in [0, 0.1) is 5.92 Å². The molecule has 0 spiro atoms. The maximum atomic E-state index is 12.0. The first-order chi connectivity index (χ1) is 9.24. The van der Waals surface area contributed by atoms with Gasteiger partial charge in [0, 0.05) is 44.5 Å². The van der Waals surface area contributed by atoms with Gasteiger partial charge in [-0.1, -0.05) is 0 Å². The molecule has 2 heterocycles. The monoisotopic (exact) mass is 261 g/mol. The molecule has 1 aromatic rings. The number of aromatic nitrogens is 1. The SMILES string of the molecule is O=C(NCCn1cccc1)C1CC(=O)N(C2CC2)C1. The van der Waals surface area contributed by atoms with Crippen molar-refractivity contribution in [2.24, 2.45) is 5.92 Å². The van der Waals surface area contributed by atoms with Gasteiger partial charge in [-0.15, -0.1) is 0 Å². The molecular formula is C14H19N3O2. The van der Waals surface area contributed by atoms with Crippen molar-refractivity contribution in [3.8, 4) is 0 Å². The van der Waals surface area contributed by atoms with Gasteiger partial charge in [-0.2, -0.15) is 0 Å². The summed E-state index contributed by atoms with van der Waals surface area (Å²) in [5, 5.41) is 2.92. The second-order valence-corrected chi connectivity index (χ2v) is 5.39. The molecule has 1 aliphatic carbocycles. The summed E-state index contributed by atoms with van der Waals surface area (Å²) in [6.45, 7) is 1.99. The highest BCUT2D eigenvalue weighted by atomic mass is 16.2. The van der Waals surface area contributed by atoms with Crippen LogP contribution in [-0.4, -0.2) is 40.4 Å². The van der Waals surface area contributed by atoms with Crippen molar-refractivity contribution in [1.29, 1.82) is 0 Å². The fraction of sp³-hybridized carbons (Fsp3) is 0.571. The Balaban J connectivity index is 1.44. The van der Waals surface area contributed by atoms with Gasteiger partial charge in [0.2, 0.25) is 11.8 Å². The van der Waals surface area contributed by atoms with Crippen molar-refractivity contribution < 1.29 is 9.59 Å². The Morgan fingerprint density at radius 3 is 2.74 bits per heavy atom. The van der Waals surface area contributed by atoms with Gasteiger partial charge in [0.05, 0.1) is 5.92 Å². The lowest BCUT2D eigenvalue weighted by Crippen LogP contribution is -2.35. The standard InChI is InChI=1S/C14H19N3O2/c18-13-9-11(10-17(13)12-3-4-12)14(19)15-5-8-16-6-1-2-7-16/h1-2,6-7,11-12H,3-5,8-10H2,(H,15,19). The van der Waals surface area contributed by atoms with Crippen LogP contribution in [0.5, 0.6) is 0 Å². The van der Waals surface area contributed by atoms with Gasteiger partial charge in [-0.05, 0) is 25.0 Å². The van der Waals surface area contributed by atoms with E-state index in [0.29, 0.717) is 25.6 Å². The lowest BCUT2D eigenvalue weighted by atomic mass is 10.1. The van der Waals surface area contributed by atoms with Crippen LogP contribution in [0.2, 0.25) is 0 Å². The minimum atomic E-state index is -0.155. The fourth-order valence-electron chi connectivity index (χ4n) is 2.62. The van der Waals surface area contributed by atoms with Gasteiger partial charge in [0.25, 0.3) is 0 Å². The van der Waals surface area contributed by atoms with Crippen molar-refractivity contribution in [2.45, 2.75) is 31.8 Å². The maximum Gasteiger partial charge on any atom is 0.225 e. The van der Waals surface area contributed by atoms with Crippen molar-refractivity contribution in [3.05, 3.63) is 24.5 Å². The molecular weight excluding hydrogens is 242 g/mol. The van der Waals surface area contributed by atoms with Gasteiger partial charge in [0.15, 0.2) is 0 Å². The minimum Gasteiger partial charge on any atom is -0.354 e. The van der Waals surface area contributed by atoms with Crippen LogP contribution >= 0.6 is 0 Å². The first kappa shape index (κ1) is 12.3. The Morgan fingerprint density at radius 2 is 2.05 bits per heavy atom. The van der Waals surface area contributed by atoms with Crippen LogP contribution in [0.25, 0.3) is 0 Å². The maximum absolute atomic E-state index is 12.0. The Morgan fingerprint density at radius 1 is 1.32 bits per heavy atom. The highest BCUT2D eigenvalue weighted by Gasteiger charge is 2.41. The van der Waals surface area contributed by atoms with Crippen LogP contribution < -0.4 is 5.32 Å². The van der Waals surface area contributed by atoms with Crippen molar-refractivity contribution >= 4 is 11.8 Å². The van der Waals surface area contributed by atoms with E-state index in [2.05, 4.69) is 5.32 Å². The number of carbonyl (C=O) groups is 2. The molecule has 2 fully saturated rings. The third kappa shape index (κ3) is 2.80. The second-order valence-electron chi connectivity index (χ2n) is 5.39. The van der Waals surface area contributed by atoms with Crippen LogP contribution in [0.15, 0.2) is 24.5 Å². The van der Waals surface area contributed by atoms with Crippen molar-refractivity contribution in [3.63, 3.8) is 0 Å². The molecule has 19 heavy (non-hydrogen) atoms. The average molecular weight is 261 g/mol. The van der Waals surface area contributed by atoms with Crippen LogP contribution in [-0.2, 0) is 16.1 Å². The molecule has 0 aromatic carbocycles. The Hall–Kier alpha value is -1.78. The average Bonchev–Trinajstić information content (AvgIpc) is 2.96. The molecule has 1 unspecified atom stereocenters. The van der Waals surface area contributed by atoms with Crippen LogP contribution in [0.1, 0.15) is 19.3 Å². The molecule has 2 amide bonds. The van der Waals surface area contributed by atoms with Gasteiger partial charge in [-0.3, -0.25) is 9.59 Å².